The topological polar surface area (TPSA) is 95.7 Å². The zero-order valence-electron chi connectivity index (χ0n) is 16.8. The summed E-state index contributed by atoms with van der Waals surface area (Å²) in [5.41, 5.74) is 1.88. The molecule has 3 aromatic rings. The minimum atomic E-state index is -1.15. The summed E-state index contributed by atoms with van der Waals surface area (Å²) in [6, 6.07) is 11.8. The maximum atomic E-state index is 11.3. The second kappa shape index (κ2) is 7.46. The van der Waals surface area contributed by atoms with E-state index in [4.69, 9.17) is 5.10 Å². The van der Waals surface area contributed by atoms with Gasteiger partial charge in [0.15, 0.2) is 11.6 Å². The predicted molar refractivity (Wildman–Crippen MR) is 109 cm³/mol. The number of fused-ring (bicyclic) bond motifs is 1. The van der Waals surface area contributed by atoms with Crippen LogP contribution in [0.2, 0.25) is 0 Å². The van der Waals surface area contributed by atoms with Gasteiger partial charge in [-0.15, -0.1) is 15.3 Å². The van der Waals surface area contributed by atoms with Gasteiger partial charge in [0.05, 0.1) is 11.7 Å². The fourth-order valence-electron chi connectivity index (χ4n) is 3.03. The maximum absolute atomic E-state index is 11.3. The molecule has 1 aromatic carbocycles. The van der Waals surface area contributed by atoms with Crippen LogP contribution in [0.15, 0.2) is 36.4 Å². The Hall–Kier alpha value is -3.16. The monoisotopic (exact) mass is 382 g/mol. The summed E-state index contributed by atoms with van der Waals surface area (Å²) < 4.78 is 1.64. The molecular weight excluding hydrogens is 356 g/mol. The molecule has 3 rings (SSSR count). The SMILES string of the molecule is CC(c1ccccc1)N(C)c1cc(NC(=O)O)c2nnc(CC(C)(C)C)n2n1. The normalized spacial score (nSPS) is 12.8. The third-order valence-corrected chi connectivity index (χ3v) is 4.58. The number of nitrogens with one attached hydrogen (secondary N) is 1. The first-order chi connectivity index (χ1) is 13.2. The molecule has 2 aromatic heterocycles. The number of carboxylic acid groups (broad SMARTS) is 1. The Bertz CT molecular complexity index is 978. The summed E-state index contributed by atoms with van der Waals surface area (Å²) in [6.45, 7) is 8.40. The van der Waals surface area contributed by atoms with Gasteiger partial charge in [-0.2, -0.15) is 4.52 Å². The first-order valence-electron chi connectivity index (χ1n) is 9.19. The van der Waals surface area contributed by atoms with Crippen molar-refractivity contribution in [3.05, 3.63) is 47.8 Å². The third kappa shape index (κ3) is 4.21. The Morgan fingerprint density at radius 3 is 2.54 bits per heavy atom. The van der Waals surface area contributed by atoms with Crippen LogP contribution in [-0.2, 0) is 6.42 Å². The molecule has 2 N–H and O–H groups in total. The van der Waals surface area contributed by atoms with Crippen LogP contribution in [0.3, 0.4) is 0 Å². The van der Waals surface area contributed by atoms with Crippen LogP contribution in [0.4, 0.5) is 16.3 Å². The van der Waals surface area contributed by atoms with Gasteiger partial charge in [-0.1, -0.05) is 51.1 Å². The van der Waals surface area contributed by atoms with Crippen molar-refractivity contribution in [2.24, 2.45) is 5.41 Å². The van der Waals surface area contributed by atoms with Crippen LogP contribution in [0.5, 0.6) is 0 Å². The zero-order chi connectivity index (χ0) is 20.5. The van der Waals surface area contributed by atoms with Crippen molar-refractivity contribution in [3.63, 3.8) is 0 Å². The van der Waals surface area contributed by atoms with Gasteiger partial charge < -0.3 is 10.0 Å². The van der Waals surface area contributed by atoms with Crippen molar-refractivity contribution in [1.82, 2.24) is 19.8 Å². The maximum Gasteiger partial charge on any atom is 0.409 e. The molecule has 8 nitrogen and oxygen atoms in total. The van der Waals surface area contributed by atoms with Crippen molar-refractivity contribution < 1.29 is 9.90 Å². The molecule has 1 unspecified atom stereocenters. The number of amides is 1. The Labute approximate surface area is 164 Å². The minimum absolute atomic E-state index is 0.00965. The lowest BCUT2D eigenvalue weighted by Gasteiger charge is -2.27. The van der Waals surface area contributed by atoms with E-state index in [0.29, 0.717) is 29.4 Å². The number of hydrogen-bond donors (Lipinski definition) is 2. The van der Waals surface area contributed by atoms with Crippen LogP contribution >= 0.6 is 0 Å². The first-order valence-corrected chi connectivity index (χ1v) is 9.19. The predicted octanol–water partition coefficient (Wildman–Crippen LogP) is 4.00. The molecule has 0 radical (unpaired) electrons. The molecule has 0 saturated carbocycles. The standard InChI is InChI=1S/C20H26N6O2/c1-13(14-9-7-6-8-10-14)25(5)16-11-15(21-19(27)28)18-23-22-17(26(18)24-16)12-20(2,3)4/h6-11,13,21H,12H2,1-5H3,(H,27,28). The highest BCUT2D eigenvalue weighted by Gasteiger charge is 2.22. The van der Waals surface area contributed by atoms with E-state index in [2.05, 4.69) is 55.3 Å². The van der Waals surface area contributed by atoms with E-state index in [-0.39, 0.29) is 11.5 Å². The van der Waals surface area contributed by atoms with Gasteiger partial charge in [0, 0.05) is 19.5 Å². The second-order valence-corrected chi connectivity index (χ2v) is 8.13. The Kier molecular flexibility index (Phi) is 5.22. The number of hydrogen-bond acceptors (Lipinski definition) is 5. The largest absolute Gasteiger partial charge is 0.465 e. The lowest BCUT2D eigenvalue weighted by atomic mass is 9.92. The van der Waals surface area contributed by atoms with E-state index in [0.717, 1.165) is 5.56 Å². The van der Waals surface area contributed by atoms with Gasteiger partial charge in [-0.3, -0.25) is 5.32 Å². The molecule has 148 valence electrons. The molecule has 0 aliphatic rings. The summed E-state index contributed by atoms with van der Waals surface area (Å²) in [5.74, 6) is 1.32. The summed E-state index contributed by atoms with van der Waals surface area (Å²) in [7, 11) is 1.93. The van der Waals surface area contributed by atoms with E-state index in [1.54, 1.807) is 10.6 Å². The average molecular weight is 382 g/mol. The van der Waals surface area contributed by atoms with E-state index in [1.165, 1.54) is 0 Å². The first kappa shape index (κ1) is 19.6. The average Bonchev–Trinajstić information content (AvgIpc) is 3.02. The van der Waals surface area contributed by atoms with Gasteiger partial charge in [-0.05, 0) is 17.9 Å². The molecule has 0 spiro atoms. The fourth-order valence-corrected chi connectivity index (χ4v) is 3.03. The quantitative estimate of drug-likeness (QED) is 0.692. The van der Waals surface area contributed by atoms with Gasteiger partial charge in [0.1, 0.15) is 0 Å². The number of rotatable bonds is 5. The summed E-state index contributed by atoms with van der Waals surface area (Å²) >= 11 is 0. The number of aromatic nitrogens is 4. The zero-order valence-corrected chi connectivity index (χ0v) is 16.8. The fraction of sp³-hybridized carbons (Fsp3) is 0.400. The van der Waals surface area contributed by atoms with E-state index >= 15 is 0 Å². The van der Waals surface area contributed by atoms with Crippen LogP contribution in [-0.4, -0.2) is 38.1 Å². The third-order valence-electron chi connectivity index (χ3n) is 4.58. The Morgan fingerprint density at radius 1 is 1.25 bits per heavy atom. The van der Waals surface area contributed by atoms with Crippen molar-refractivity contribution in [3.8, 4) is 0 Å². The van der Waals surface area contributed by atoms with Gasteiger partial charge in [0.2, 0.25) is 5.65 Å². The number of carbonyl (C=O) groups is 1. The molecule has 2 heterocycles. The molecule has 0 aliphatic carbocycles. The molecule has 0 aliphatic heterocycles. The molecule has 0 bridgehead atoms. The number of nitrogens with zero attached hydrogens (tertiary/aromatic N) is 5. The molecule has 0 saturated heterocycles. The molecule has 1 amide bonds. The molecular formula is C20H26N6O2. The summed E-state index contributed by atoms with van der Waals surface area (Å²) in [6.07, 6.45) is -0.493. The molecule has 8 heteroatoms. The van der Waals surface area contributed by atoms with Crippen LogP contribution in [0.25, 0.3) is 5.65 Å². The Balaban J connectivity index is 2.08. The Morgan fingerprint density at radius 2 is 1.93 bits per heavy atom. The highest BCUT2D eigenvalue weighted by Crippen LogP contribution is 2.28. The van der Waals surface area contributed by atoms with Crippen molar-refractivity contribution in [1.29, 1.82) is 0 Å². The lowest BCUT2D eigenvalue weighted by molar-refractivity contribution is 0.210. The minimum Gasteiger partial charge on any atom is -0.465 e. The highest BCUT2D eigenvalue weighted by molar-refractivity contribution is 5.89. The molecule has 28 heavy (non-hydrogen) atoms. The van der Waals surface area contributed by atoms with Crippen LogP contribution in [0.1, 0.15) is 45.1 Å². The van der Waals surface area contributed by atoms with Gasteiger partial charge in [-0.25, -0.2) is 4.79 Å². The molecule has 0 fully saturated rings. The number of benzene rings is 1. The second-order valence-electron chi connectivity index (χ2n) is 8.13. The smallest absolute Gasteiger partial charge is 0.409 e. The van der Waals surface area contributed by atoms with Crippen LogP contribution < -0.4 is 10.2 Å². The van der Waals surface area contributed by atoms with Crippen molar-refractivity contribution >= 4 is 23.2 Å². The van der Waals surface area contributed by atoms with E-state index in [1.807, 2.05) is 30.1 Å². The summed E-state index contributed by atoms with van der Waals surface area (Å²) in [4.78, 5) is 13.3. The van der Waals surface area contributed by atoms with Crippen molar-refractivity contribution in [2.75, 3.05) is 17.3 Å². The van der Waals surface area contributed by atoms with Gasteiger partial charge in [0.25, 0.3) is 0 Å². The van der Waals surface area contributed by atoms with Crippen LogP contribution in [0, 0.1) is 5.41 Å². The highest BCUT2D eigenvalue weighted by atomic mass is 16.4. The summed E-state index contributed by atoms with van der Waals surface area (Å²) in [5, 5.41) is 24.8. The van der Waals surface area contributed by atoms with E-state index in [9.17, 15) is 9.90 Å². The number of anilines is 2. The lowest BCUT2D eigenvalue weighted by Crippen LogP contribution is -2.24. The van der Waals surface area contributed by atoms with Crippen molar-refractivity contribution in [2.45, 2.75) is 40.2 Å². The van der Waals surface area contributed by atoms with E-state index < -0.39 is 6.09 Å². The van der Waals surface area contributed by atoms with Gasteiger partial charge >= 0.3 is 6.09 Å². The molecule has 1 atom stereocenters.